The minimum absolute atomic E-state index is 0.0814. The topological polar surface area (TPSA) is 70.9 Å². The second-order valence-corrected chi connectivity index (χ2v) is 7.50. The van der Waals surface area contributed by atoms with Crippen LogP contribution < -0.4 is 5.32 Å². The molecule has 1 aliphatic heterocycles. The normalized spacial score (nSPS) is 18.5. The van der Waals surface area contributed by atoms with Gasteiger partial charge in [0.15, 0.2) is 11.0 Å². The van der Waals surface area contributed by atoms with Crippen molar-refractivity contribution >= 4 is 58.0 Å². The van der Waals surface area contributed by atoms with Crippen molar-refractivity contribution < 1.29 is 9.59 Å². The van der Waals surface area contributed by atoms with Gasteiger partial charge in [0.05, 0.1) is 11.5 Å². The highest BCUT2D eigenvalue weighted by Gasteiger charge is 2.32. The summed E-state index contributed by atoms with van der Waals surface area (Å²) in [4.78, 5) is 24.3. The molecule has 2 aromatic carbocycles. The van der Waals surface area contributed by atoms with Crippen LogP contribution in [0.1, 0.15) is 22.3 Å². The van der Waals surface area contributed by atoms with Gasteiger partial charge in [-0.1, -0.05) is 47.1 Å². The van der Waals surface area contributed by atoms with Gasteiger partial charge in [-0.2, -0.15) is 5.10 Å². The molecule has 1 amide bonds. The molecule has 0 aliphatic carbocycles. The predicted molar refractivity (Wildman–Crippen MR) is 106 cm³/mol. The summed E-state index contributed by atoms with van der Waals surface area (Å²) in [7, 11) is 0. The average molecular weight is 406 g/mol. The first kappa shape index (κ1) is 18.6. The van der Waals surface area contributed by atoms with Crippen LogP contribution in [-0.2, 0) is 4.79 Å². The molecule has 1 atom stereocenters. The number of amidine groups is 1. The first-order chi connectivity index (χ1) is 12.5. The molecule has 3 rings (SSSR count). The number of carbonyl (C=O) groups excluding carboxylic acids is 2. The van der Waals surface area contributed by atoms with Gasteiger partial charge in [0.1, 0.15) is 0 Å². The highest BCUT2D eigenvalue weighted by molar-refractivity contribution is 8.15. The molecule has 1 saturated heterocycles. The van der Waals surface area contributed by atoms with Gasteiger partial charge in [0, 0.05) is 22.0 Å². The van der Waals surface area contributed by atoms with Crippen molar-refractivity contribution in [1.82, 2.24) is 5.32 Å². The summed E-state index contributed by atoms with van der Waals surface area (Å²) in [5.74, 6) is -0.377. The van der Waals surface area contributed by atoms with Gasteiger partial charge in [-0.25, -0.2) is 0 Å². The fourth-order valence-electron chi connectivity index (χ4n) is 2.21. The van der Waals surface area contributed by atoms with E-state index in [0.717, 1.165) is 5.56 Å². The van der Waals surface area contributed by atoms with Crippen molar-refractivity contribution in [2.24, 2.45) is 10.2 Å². The lowest BCUT2D eigenvalue weighted by Gasteiger charge is -2.04. The van der Waals surface area contributed by atoms with Crippen molar-refractivity contribution in [3.8, 4) is 0 Å². The van der Waals surface area contributed by atoms with E-state index in [-0.39, 0.29) is 18.1 Å². The number of thioether (sulfide) groups is 1. The van der Waals surface area contributed by atoms with Crippen LogP contribution in [0.2, 0.25) is 10.0 Å². The number of nitrogens with zero attached hydrogens (tertiary/aromatic N) is 2. The van der Waals surface area contributed by atoms with E-state index in [1.807, 2.05) is 0 Å². The van der Waals surface area contributed by atoms with Crippen LogP contribution >= 0.6 is 35.0 Å². The first-order valence-electron chi connectivity index (χ1n) is 7.64. The van der Waals surface area contributed by atoms with Crippen LogP contribution in [0, 0.1) is 0 Å². The highest BCUT2D eigenvalue weighted by atomic mass is 35.5. The molecule has 5 nitrogen and oxygen atoms in total. The number of rotatable bonds is 5. The SMILES string of the molecule is O=C(C[C@H]1S/C(=N\N=C/c2ccc(Cl)cc2)NC1=O)c1ccc(Cl)cc1. The molecule has 132 valence electrons. The summed E-state index contributed by atoms with van der Waals surface area (Å²) < 4.78 is 0. The van der Waals surface area contributed by atoms with Crippen molar-refractivity contribution in [3.05, 3.63) is 69.7 Å². The summed E-state index contributed by atoms with van der Waals surface area (Å²) in [6, 6.07) is 13.7. The van der Waals surface area contributed by atoms with Gasteiger partial charge < -0.3 is 5.32 Å². The molecule has 2 aromatic rings. The Morgan fingerprint density at radius 2 is 1.69 bits per heavy atom. The Labute approximate surface area is 164 Å². The molecule has 0 unspecified atom stereocenters. The molecule has 0 spiro atoms. The van der Waals surface area contributed by atoms with E-state index in [1.165, 1.54) is 11.8 Å². The third-order valence-electron chi connectivity index (χ3n) is 3.54. The first-order valence-corrected chi connectivity index (χ1v) is 9.28. The molecule has 1 N–H and O–H groups in total. The van der Waals surface area contributed by atoms with Gasteiger partial charge in [0.2, 0.25) is 5.91 Å². The zero-order valence-corrected chi connectivity index (χ0v) is 15.7. The summed E-state index contributed by atoms with van der Waals surface area (Å²) in [6.45, 7) is 0. The Bertz CT molecular complexity index is 880. The standard InChI is InChI=1S/C18H13Cl2N3O2S/c19-13-5-1-11(2-6-13)10-21-23-18-22-17(25)16(26-18)9-15(24)12-3-7-14(20)8-4-12/h1-8,10,16H,9H2,(H,22,23,25)/b21-10-/t16-/m1/s1. The van der Waals surface area contributed by atoms with Crippen molar-refractivity contribution in [2.45, 2.75) is 11.7 Å². The lowest BCUT2D eigenvalue weighted by atomic mass is 10.1. The molecule has 26 heavy (non-hydrogen) atoms. The van der Waals surface area contributed by atoms with E-state index >= 15 is 0 Å². The molecule has 0 bridgehead atoms. The summed E-state index contributed by atoms with van der Waals surface area (Å²) in [5.41, 5.74) is 1.36. The number of Topliss-reactive ketones (excluding diaryl/α,β-unsaturated/α-hetero) is 1. The van der Waals surface area contributed by atoms with E-state index in [1.54, 1.807) is 54.7 Å². The smallest absolute Gasteiger partial charge is 0.240 e. The number of halogens is 2. The zero-order valence-electron chi connectivity index (χ0n) is 13.4. The van der Waals surface area contributed by atoms with Gasteiger partial charge in [-0.15, -0.1) is 5.10 Å². The largest absolute Gasteiger partial charge is 0.303 e. The maximum atomic E-state index is 12.3. The van der Waals surface area contributed by atoms with Gasteiger partial charge in [-0.05, 0) is 42.0 Å². The van der Waals surface area contributed by atoms with Gasteiger partial charge >= 0.3 is 0 Å². The molecule has 0 aromatic heterocycles. The van der Waals surface area contributed by atoms with E-state index in [4.69, 9.17) is 23.2 Å². The number of ketones is 1. The van der Waals surface area contributed by atoms with E-state index < -0.39 is 5.25 Å². The number of amides is 1. The summed E-state index contributed by atoms with van der Waals surface area (Å²) >= 11 is 12.8. The minimum Gasteiger partial charge on any atom is -0.303 e. The van der Waals surface area contributed by atoms with Crippen molar-refractivity contribution in [1.29, 1.82) is 0 Å². The molecule has 0 radical (unpaired) electrons. The second kappa shape index (κ2) is 8.49. The number of nitrogens with one attached hydrogen (secondary N) is 1. The minimum atomic E-state index is -0.525. The third kappa shape index (κ3) is 4.94. The van der Waals surface area contributed by atoms with E-state index in [0.29, 0.717) is 20.8 Å². The molecule has 0 saturated carbocycles. The fraction of sp³-hybridized carbons (Fsp3) is 0.111. The second-order valence-electron chi connectivity index (χ2n) is 5.43. The number of benzene rings is 2. The zero-order chi connectivity index (χ0) is 18.5. The number of carbonyl (C=O) groups is 2. The third-order valence-corrected chi connectivity index (χ3v) is 5.11. The van der Waals surface area contributed by atoms with Gasteiger partial charge in [-0.3, -0.25) is 9.59 Å². The molecular formula is C18H13Cl2N3O2S. The molecule has 1 fully saturated rings. The lowest BCUT2D eigenvalue weighted by molar-refractivity contribution is -0.118. The fourth-order valence-corrected chi connectivity index (χ4v) is 3.38. The van der Waals surface area contributed by atoms with Crippen LogP contribution in [-0.4, -0.2) is 28.3 Å². The number of hydrogen-bond acceptors (Lipinski definition) is 5. The predicted octanol–water partition coefficient (Wildman–Crippen LogP) is 4.19. The Hall–Kier alpha value is -2.15. The van der Waals surface area contributed by atoms with Crippen LogP contribution in [0.25, 0.3) is 0 Å². The molecule has 8 heteroatoms. The molecule has 1 aliphatic rings. The van der Waals surface area contributed by atoms with Crippen LogP contribution in [0.15, 0.2) is 58.7 Å². The Kier molecular flexibility index (Phi) is 6.08. The Morgan fingerprint density at radius 1 is 1.08 bits per heavy atom. The van der Waals surface area contributed by atoms with E-state index in [2.05, 4.69) is 15.5 Å². The molecule has 1 heterocycles. The molecular weight excluding hydrogens is 393 g/mol. The van der Waals surface area contributed by atoms with Crippen molar-refractivity contribution in [3.63, 3.8) is 0 Å². The van der Waals surface area contributed by atoms with Crippen LogP contribution in [0.3, 0.4) is 0 Å². The summed E-state index contributed by atoms with van der Waals surface area (Å²) in [6.07, 6.45) is 1.64. The lowest BCUT2D eigenvalue weighted by Crippen LogP contribution is -2.26. The average Bonchev–Trinajstić information content (AvgIpc) is 2.97. The van der Waals surface area contributed by atoms with Gasteiger partial charge in [0.25, 0.3) is 0 Å². The quantitative estimate of drug-likeness (QED) is 0.460. The Morgan fingerprint density at radius 3 is 2.35 bits per heavy atom. The number of hydrogen-bond donors (Lipinski definition) is 1. The summed E-state index contributed by atoms with van der Waals surface area (Å²) in [5, 5.41) is 11.6. The maximum Gasteiger partial charge on any atom is 0.240 e. The van der Waals surface area contributed by atoms with Crippen LogP contribution in [0.5, 0.6) is 0 Å². The van der Waals surface area contributed by atoms with Crippen LogP contribution in [0.4, 0.5) is 0 Å². The van der Waals surface area contributed by atoms with Crippen molar-refractivity contribution in [2.75, 3.05) is 0 Å². The Balaban J connectivity index is 1.60. The van der Waals surface area contributed by atoms with E-state index in [9.17, 15) is 9.59 Å². The highest BCUT2D eigenvalue weighted by Crippen LogP contribution is 2.24. The maximum absolute atomic E-state index is 12.3. The monoisotopic (exact) mass is 405 g/mol.